The van der Waals surface area contributed by atoms with Crippen molar-refractivity contribution in [1.29, 1.82) is 0 Å². The van der Waals surface area contributed by atoms with Crippen molar-refractivity contribution in [3.63, 3.8) is 0 Å². The van der Waals surface area contributed by atoms with Gasteiger partial charge in [0.25, 0.3) is 0 Å². The minimum Gasteiger partial charge on any atom is -0.469 e. The lowest BCUT2D eigenvalue weighted by Gasteiger charge is -1.81. The van der Waals surface area contributed by atoms with Gasteiger partial charge in [-0.15, -0.1) is 12.6 Å². The number of rotatable bonds is 0. The van der Waals surface area contributed by atoms with Crippen molar-refractivity contribution in [3.05, 3.63) is 30.3 Å². The molecule has 4 heteroatoms. The van der Waals surface area contributed by atoms with Gasteiger partial charge < -0.3 is 5.11 Å². The molecule has 0 aliphatic rings. The van der Waals surface area contributed by atoms with E-state index < -0.39 is 5.43 Å². The minimum atomic E-state index is -1.36. The smallest absolute Gasteiger partial charge is 0.401 e. The summed E-state index contributed by atoms with van der Waals surface area (Å²) in [5, 5.41) is 7.18. The molecule has 0 atom stereocenters. The van der Waals surface area contributed by atoms with Gasteiger partial charge in [-0.2, -0.15) is 0 Å². The lowest BCUT2D eigenvalue weighted by molar-refractivity contribution is 0.220. The van der Waals surface area contributed by atoms with Crippen molar-refractivity contribution in [2.75, 3.05) is 0 Å². The first-order chi connectivity index (χ1) is 5.13. The lowest BCUT2D eigenvalue weighted by atomic mass is 10.4. The maximum atomic E-state index is 8.77. The van der Waals surface area contributed by atoms with E-state index in [9.17, 15) is 0 Å². The molecule has 0 aliphatic carbocycles. The van der Waals surface area contributed by atoms with Crippen LogP contribution in [0.2, 0.25) is 0 Å². The van der Waals surface area contributed by atoms with E-state index in [1.165, 1.54) is 0 Å². The molecular weight excluding hydrogens is 184 g/mol. The summed E-state index contributed by atoms with van der Waals surface area (Å²) in [7, 11) is 0. The first-order valence-electron chi connectivity index (χ1n) is 2.75. The first kappa shape index (κ1) is 10.3. The zero-order valence-corrected chi connectivity index (χ0v) is 7.22. The highest BCUT2D eigenvalue weighted by Gasteiger charge is 1.73. The average molecular weight is 191 g/mol. The van der Waals surface area contributed by atoms with Gasteiger partial charge in [0.15, 0.2) is 0 Å². The molecule has 1 rings (SSSR count). The molecule has 0 spiro atoms. The number of halogens is 1. The molecule has 0 heterocycles. The third-order valence-electron chi connectivity index (χ3n) is 0.756. The summed E-state index contributed by atoms with van der Waals surface area (Å²) < 4.78 is 0. The largest absolute Gasteiger partial charge is 0.469 e. The molecule has 1 N–H and O–H groups in total. The molecule has 11 heavy (non-hydrogen) atoms. The second-order valence-electron chi connectivity index (χ2n) is 1.59. The minimum absolute atomic E-state index is 1.02. The fourth-order valence-corrected chi connectivity index (χ4v) is 0.600. The van der Waals surface area contributed by atoms with Gasteiger partial charge in [-0.1, -0.05) is 18.2 Å². The average Bonchev–Trinajstić information content (AvgIpc) is 1.87. The monoisotopic (exact) mass is 190 g/mol. The second kappa shape index (κ2) is 6.07. The van der Waals surface area contributed by atoms with Gasteiger partial charge >= 0.3 is 5.43 Å². The number of thiol groups is 1. The maximum absolute atomic E-state index is 8.77. The van der Waals surface area contributed by atoms with E-state index in [1.807, 2.05) is 30.3 Å². The summed E-state index contributed by atoms with van der Waals surface area (Å²) in [6, 6.07) is 9.79. The van der Waals surface area contributed by atoms with Crippen molar-refractivity contribution in [3.8, 4) is 0 Å². The van der Waals surface area contributed by atoms with E-state index in [1.54, 1.807) is 0 Å². The number of hydrogen-bond acceptors (Lipinski definition) is 2. The predicted molar refractivity (Wildman–Crippen MR) is 47.6 cm³/mol. The molecule has 1 aromatic carbocycles. The maximum Gasteiger partial charge on any atom is 0.401 e. The zero-order chi connectivity index (χ0) is 8.69. The molecule has 0 bridgehead atoms. The quantitative estimate of drug-likeness (QED) is 0.488. The summed E-state index contributed by atoms with van der Waals surface area (Å²) in [6.45, 7) is 0. The van der Waals surface area contributed by atoms with Crippen molar-refractivity contribution in [1.82, 2.24) is 0 Å². The van der Waals surface area contributed by atoms with Crippen LogP contribution in [0.5, 0.6) is 0 Å². The summed E-state index contributed by atoms with van der Waals surface area (Å²) in [5.41, 5.74) is -1.36. The van der Waals surface area contributed by atoms with E-state index in [4.69, 9.17) is 9.90 Å². The summed E-state index contributed by atoms with van der Waals surface area (Å²) >= 11 is 8.28. The molecule has 0 saturated heterocycles. The van der Waals surface area contributed by atoms with Crippen LogP contribution in [0.3, 0.4) is 0 Å². The Morgan fingerprint density at radius 2 is 1.73 bits per heavy atom. The van der Waals surface area contributed by atoms with E-state index in [0.29, 0.717) is 0 Å². The molecule has 2 nitrogen and oxygen atoms in total. The molecule has 0 radical (unpaired) electrons. The third kappa shape index (κ3) is 9.33. The van der Waals surface area contributed by atoms with Crippen molar-refractivity contribution >= 4 is 29.7 Å². The Balaban J connectivity index is 0.000000218. The van der Waals surface area contributed by atoms with Crippen LogP contribution in [0.15, 0.2) is 35.2 Å². The van der Waals surface area contributed by atoms with Crippen LogP contribution < -0.4 is 0 Å². The molecule has 0 aromatic heterocycles. The SMILES string of the molecule is O=C(O)Cl.Sc1ccccc1. The van der Waals surface area contributed by atoms with Gasteiger partial charge in [-0.05, 0) is 12.1 Å². The van der Waals surface area contributed by atoms with Gasteiger partial charge in [0.1, 0.15) is 0 Å². The normalized spacial score (nSPS) is 7.82. The number of benzene rings is 1. The fourth-order valence-electron chi connectivity index (χ4n) is 0.428. The van der Waals surface area contributed by atoms with Crippen LogP contribution in [0.4, 0.5) is 4.79 Å². The van der Waals surface area contributed by atoms with Crippen molar-refractivity contribution in [2.45, 2.75) is 4.90 Å². The molecule has 1 aromatic rings. The van der Waals surface area contributed by atoms with E-state index in [0.717, 1.165) is 4.90 Å². The number of hydrogen-bond donors (Lipinski definition) is 2. The Hall–Kier alpha value is -0.670. The predicted octanol–water partition coefficient (Wildman–Crippen LogP) is 2.88. The topological polar surface area (TPSA) is 37.3 Å². The van der Waals surface area contributed by atoms with Crippen LogP contribution in [0, 0.1) is 0 Å². The molecule has 0 unspecified atom stereocenters. The van der Waals surface area contributed by atoms with Gasteiger partial charge in [0, 0.05) is 16.5 Å². The van der Waals surface area contributed by atoms with Crippen LogP contribution in [0.25, 0.3) is 0 Å². The zero-order valence-electron chi connectivity index (χ0n) is 5.57. The highest BCUT2D eigenvalue weighted by atomic mass is 35.5. The third-order valence-corrected chi connectivity index (χ3v) is 1.05. The number of carboxylic acid groups (broad SMARTS) is 1. The molecule has 0 amide bonds. The molecule has 0 saturated carbocycles. The Bertz CT molecular complexity index is 209. The van der Waals surface area contributed by atoms with Crippen molar-refractivity contribution < 1.29 is 9.90 Å². The van der Waals surface area contributed by atoms with Crippen LogP contribution in [-0.2, 0) is 0 Å². The number of carbonyl (C=O) groups is 1. The van der Waals surface area contributed by atoms with Gasteiger partial charge in [0.2, 0.25) is 0 Å². The van der Waals surface area contributed by atoms with E-state index in [2.05, 4.69) is 24.2 Å². The van der Waals surface area contributed by atoms with Crippen LogP contribution >= 0.6 is 24.2 Å². The second-order valence-corrected chi connectivity index (χ2v) is 2.43. The molecule has 0 fully saturated rings. The van der Waals surface area contributed by atoms with Gasteiger partial charge in [0.05, 0.1) is 0 Å². The molecule has 60 valence electrons. The van der Waals surface area contributed by atoms with Gasteiger partial charge in [-0.25, -0.2) is 4.79 Å². The van der Waals surface area contributed by atoms with E-state index >= 15 is 0 Å². The summed E-state index contributed by atoms with van der Waals surface area (Å²) in [5.74, 6) is 0. The standard InChI is InChI=1S/C6H6S.CHClO2/c7-6-4-2-1-3-5-6;2-1(3)4/h1-5,7H;(H,3,4). The Labute approximate surface area is 75.2 Å². The Morgan fingerprint density at radius 1 is 1.36 bits per heavy atom. The Morgan fingerprint density at radius 3 is 1.91 bits per heavy atom. The highest BCUT2D eigenvalue weighted by Crippen LogP contribution is 2.00. The first-order valence-corrected chi connectivity index (χ1v) is 3.58. The van der Waals surface area contributed by atoms with Crippen LogP contribution in [-0.4, -0.2) is 10.5 Å². The fraction of sp³-hybridized carbons (Fsp3) is 0. The summed E-state index contributed by atoms with van der Waals surface area (Å²) in [4.78, 5) is 9.78. The summed E-state index contributed by atoms with van der Waals surface area (Å²) in [6.07, 6.45) is 0. The van der Waals surface area contributed by atoms with Crippen LogP contribution in [0.1, 0.15) is 0 Å². The molecular formula is C7H7ClO2S. The van der Waals surface area contributed by atoms with E-state index in [-0.39, 0.29) is 0 Å². The highest BCUT2D eigenvalue weighted by molar-refractivity contribution is 7.80. The molecule has 0 aliphatic heterocycles. The lowest BCUT2D eigenvalue weighted by Crippen LogP contribution is -1.66. The Kier molecular flexibility index (Phi) is 5.70. The van der Waals surface area contributed by atoms with Gasteiger partial charge in [-0.3, -0.25) is 0 Å². The van der Waals surface area contributed by atoms with Crippen molar-refractivity contribution in [2.24, 2.45) is 0 Å².